The van der Waals surface area contributed by atoms with Crippen LogP contribution in [-0.2, 0) is 4.79 Å². The minimum atomic E-state index is -1.03. The number of rotatable bonds is 3. The van der Waals surface area contributed by atoms with Crippen molar-refractivity contribution in [3.63, 3.8) is 0 Å². The van der Waals surface area contributed by atoms with Gasteiger partial charge in [0.15, 0.2) is 5.13 Å². The third-order valence-corrected chi connectivity index (χ3v) is 3.80. The molecule has 1 unspecified atom stereocenters. The van der Waals surface area contributed by atoms with Crippen molar-refractivity contribution in [1.29, 1.82) is 0 Å². The van der Waals surface area contributed by atoms with Crippen molar-refractivity contribution in [3.8, 4) is 0 Å². The fraction of sp³-hybridized carbons (Fsp3) is 0.545. The van der Waals surface area contributed by atoms with Gasteiger partial charge in [-0.1, -0.05) is 0 Å². The van der Waals surface area contributed by atoms with Gasteiger partial charge in [-0.25, -0.2) is 9.78 Å². The zero-order chi connectivity index (χ0) is 13.8. The molecule has 2 N–H and O–H groups in total. The van der Waals surface area contributed by atoms with Gasteiger partial charge in [-0.05, 0) is 6.92 Å². The highest BCUT2D eigenvalue weighted by molar-refractivity contribution is 7.13. The van der Waals surface area contributed by atoms with Crippen LogP contribution in [0.1, 0.15) is 6.92 Å². The first kappa shape index (κ1) is 13.6. The van der Waals surface area contributed by atoms with Crippen molar-refractivity contribution in [3.05, 3.63) is 11.6 Å². The number of nitrogens with zero attached hydrogens (tertiary/aromatic N) is 3. The number of carbonyl (C=O) groups is 2. The van der Waals surface area contributed by atoms with E-state index in [2.05, 4.69) is 15.2 Å². The Morgan fingerprint density at radius 3 is 2.63 bits per heavy atom. The van der Waals surface area contributed by atoms with Gasteiger partial charge < -0.3 is 20.2 Å². The quantitative estimate of drug-likeness (QED) is 0.841. The van der Waals surface area contributed by atoms with Crippen LogP contribution in [0.15, 0.2) is 11.6 Å². The number of amides is 2. The number of hydrogen-bond donors (Lipinski definition) is 2. The zero-order valence-corrected chi connectivity index (χ0v) is 11.4. The van der Waals surface area contributed by atoms with Crippen LogP contribution in [0.3, 0.4) is 0 Å². The lowest BCUT2D eigenvalue weighted by Gasteiger charge is -2.34. The van der Waals surface area contributed by atoms with E-state index in [0.29, 0.717) is 26.2 Å². The smallest absolute Gasteiger partial charge is 0.325 e. The van der Waals surface area contributed by atoms with E-state index in [-0.39, 0.29) is 6.03 Å². The molecule has 0 spiro atoms. The zero-order valence-electron chi connectivity index (χ0n) is 10.6. The van der Waals surface area contributed by atoms with Gasteiger partial charge in [-0.15, -0.1) is 11.3 Å². The minimum Gasteiger partial charge on any atom is -0.480 e. The summed E-state index contributed by atoms with van der Waals surface area (Å²) in [5.74, 6) is -1.03. The second kappa shape index (κ2) is 5.87. The standard InChI is InChI=1S/C11H16N4O3S/c1-8(9(16)17)13-10(18)14-3-5-15(6-4-14)11-12-2-7-19-11/h2,7-8H,3-6H2,1H3,(H,13,18)(H,16,17). The Labute approximate surface area is 114 Å². The van der Waals surface area contributed by atoms with E-state index >= 15 is 0 Å². The summed E-state index contributed by atoms with van der Waals surface area (Å²) in [7, 11) is 0. The number of hydrogen-bond acceptors (Lipinski definition) is 5. The number of carbonyl (C=O) groups excluding carboxylic acids is 1. The molecule has 2 rings (SSSR count). The Morgan fingerprint density at radius 1 is 1.42 bits per heavy atom. The maximum Gasteiger partial charge on any atom is 0.325 e. The summed E-state index contributed by atoms with van der Waals surface area (Å²) in [5.41, 5.74) is 0. The lowest BCUT2D eigenvalue weighted by molar-refractivity contribution is -0.138. The van der Waals surface area contributed by atoms with Crippen LogP contribution < -0.4 is 10.2 Å². The molecule has 2 heterocycles. The molecule has 1 aromatic heterocycles. The van der Waals surface area contributed by atoms with E-state index in [4.69, 9.17) is 5.11 Å². The van der Waals surface area contributed by atoms with Crippen molar-refractivity contribution >= 4 is 28.5 Å². The van der Waals surface area contributed by atoms with Gasteiger partial charge in [0.1, 0.15) is 6.04 Å². The summed E-state index contributed by atoms with van der Waals surface area (Å²) in [5, 5.41) is 14.1. The highest BCUT2D eigenvalue weighted by atomic mass is 32.1. The van der Waals surface area contributed by atoms with Gasteiger partial charge in [0, 0.05) is 37.8 Å². The molecule has 0 saturated carbocycles. The second-order valence-electron chi connectivity index (χ2n) is 4.30. The maximum absolute atomic E-state index is 11.8. The lowest BCUT2D eigenvalue weighted by atomic mass is 10.3. The molecule has 2 amide bonds. The molecule has 7 nitrogen and oxygen atoms in total. The molecule has 0 radical (unpaired) electrons. The van der Waals surface area contributed by atoms with Gasteiger partial charge in [0.05, 0.1) is 0 Å². The fourth-order valence-electron chi connectivity index (χ4n) is 1.81. The van der Waals surface area contributed by atoms with E-state index in [1.807, 2.05) is 5.38 Å². The molecule has 1 aromatic rings. The van der Waals surface area contributed by atoms with Crippen LogP contribution in [0.2, 0.25) is 0 Å². The number of carboxylic acid groups (broad SMARTS) is 1. The van der Waals surface area contributed by atoms with Gasteiger partial charge in [-0.2, -0.15) is 0 Å². The Hall–Kier alpha value is -1.83. The van der Waals surface area contributed by atoms with Gasteiger partial charge in [0.2, 0.25) is 0 Å². The van der Waals surface area contributed by atoms with Crippen molar-refractivity contribution in [2.24, 2.45) is 0 Å². The maximum atomic E-state index is 11.8. The molecule has 0 bridgehead atoms. The SMILES string of the molecule is CC(NC(=O)N1CCN(c2nccs2)CC1)C(=O)O. The molecule has 1 atom stereocenters. The second-order valence-corrected chi connectivity index (χ2v) is 5.17. The fourth-order valence-corrected chi connectivity index (χ4v) is 2.51. The summed E-state index contributed by atoms with van der Waals surface area (Å²) < 4.78 is 0. The minimum absolute atomic E-state index is 0.325. The Bertz CT molecular complexity index is 443. The van der Waals surface area contributed by atoms with Crippen LogP contribution >= 0.6 is 11.3 Å². The topological polar surface area (TPSA) is 85.8 Å². The molecule has 0 aromatic carbocycles. The average Bonchev–Trinajstić information content (AvgIpc) is 2.92. The van der Waals surface area contributed by atoms with E-state index in [1.54, 1.807) is 22.4 Å². The van der Waals surface area contributed by atoms with Crippen LogP contribution in [0.4, 0.5) is 9.93 Å². The van der Waals surface area contributed by atoms with E-state index in [0.717, 1.165) is 5.13 Å². The number of thiazole rings is 1. The average molecular weight is 284 g/mol. The molecule has 0 aliphatic carbocycles. The first-order chi connectivity index (χ1) is 9.08. The monoisotopic (exact) mass is 284 g/mol. The van der Waals surface area contributed by atoms with Crippen molar-refractivity contribution < 1.29 is 14.7 Å². The van der Waals surface area contributed by atoms with E-state index in [9.17, 15) is 9.59 Å². The number of aromatic nitrogens is 1. The van der Waals surface area contributed by atoms with Crippen LogP contribution in [-0.4, -0.2) is 59.2 Å². The largest absolute Gasteiger partial charge is 0.480 e. The number of piperazine rings is 1. The molecule has 1 aliphatic heterocycles. The molecule has 1 saturated heterocycles. The lowest BCUT2D eigenvalue weighted by Crippen LogP contribution is -2.54. The number of urea groups is 1. The summed E-state index contributed by atoms with van der Waals surface area (Å²) in [4.78, 5) is 30.5. The molecule has 104 valence electrons. The Morgan fingerprint density at radius 2 is 2.11 bits per heavy atom. The summed E-state index contributed by atoms with van der Waals surface area (Å²) >= 11 is 1.57. The third kappa shape index (κ3) is 3.34. The molecule has 1 fully saturated rings. The Balaban J connectivity index is 1.83. The molecule has 8 heteroatoms. The number of anilines is 1. The van der Waals surface area contributed by atoms with Gasteiger partial charge >= 0.3 is 12.0 Å². The van der Waals surface area contributed by atoms with E-state index in [1.165, 1.54) is 6.92 Å². The first-order valence-electron chi connectivity index (χ1n) is 6.00. The van der Waals surface area contributed by atoms with E-state index < -0.39 is 12.0 Å². The van der Waals surface area contributed by atoms with Crippen LogP contribution in [0, 0.1) is 0 Å². The van der Waals surface area contributed by atoms with Gasteiger partial charge in [-0.3, -0.25) is 4.79 Å². The summed E-state index contributed by atoms with van der Waals surface area (Å²) in [6.07, 6.45) is 1.76. The molecular formula is C11H16N4O3S. The number of nitrogens with one attached hydrogen (secondary N) is 1. The number of aliphatic carboxylic acids is 1. The summed E-state index contributed by atoms with van der Waals surface area (Å²) in [6.45, 7) is 4.01. The van der Waals surface area contributed by atoms with Crippen molar-refractivity contribution in [2.75, 3.05) is 31.1 Å². The highest BCUT2D eigenvalue weighted by Crippen LogP contribution is 2.18. The van der Waals surface area contributed by atoms with Gasteiger partial charge in [0.25, 0.3) is 0 Å². The third-order valence-electron chi connectivity index (χ3n) is 2.97. The summed E-state index contributed by atoms with van der Waals surface area (Å²) in [6, 6.07) is -1.20. The van der Waals surface area contributed by atoms with Crippen LogP contribution in [0.25, 0.3) is 0 Å². The van der Waals surface area contributed by atoms with Crippen LogP contribution in [0.5, 0.6) is 0 Å². The molecular weight excluding hydrogens is 268 g/mol. The highest BCUT2D eigenvalue weighted by Gasteiger charge is 2.24. The molecule has 1 aliphatic rings. The first-order valence-corrected chi connectivity index (χ1v) is 6.88. The number of carboxylic acids is 1. The Kier molecular flexibility index (Phi) is 4.20. The van der Waals surface area contributed by atoms with Crippen molar-refractivity contribution in [2.45, 2.75) is 13.0 Å². The molecule has 19 heavy (non-hydrogen) atoms. The predicted octanol–water partition coefficient (Wildman–Crippen LogP) is 0.448. The predicted molar refractivity (Wildman–Crippen MR) is 71.5 cm³/mol. The normalized spacial score (nSPS) is 17.1. The van der Waals surface area contributed by atoms with Crippen molar-refractivity contribution in [1.82, 2.24) is 15.2 Å².